The lowest BCUT2D eigenvalue weighted by atomic mass is 10.1. The summed E-state index contributed by atoms with van der Waals surface area (Å²) in [5.41, 5.74) is 3.64. The van der Waals surface area contributed by atoms with Crippen LogP contribution in [0.3, 0.4) is 0 Å². The average Bonchev–Trinajstić information content (AvgIpc) is 2.89. The molecule has 6 heteroatoms. The van der Waals surface area contributed by atoms with Crippen LogP contribution in [0.25, 0.3) is 0 Å². The molecule has 20 heavy (non-hydrogen) atoms. The van der Waals surface area contributed by atoms with Crippen molar-refractivity contribution in [3.8, 4) is 0 Å². The molecule has 0 fully saturated rings. The number of aromatic nitrogens is 2. The van der Waals surface area contributed by atoms with Crippen molar-refractivity contribution in [1.29, 1.82) is 0 Å². The molecule has 0 saturated carbocycles. The highest BCUT2D eigenvalue weighted by Gasteiger charge is 2.09. The van der Waals surface area contributed by atoms with Gasteiger partial charge in [-0.2, -0.15) is 0 Å². The smallest absolute Gasteiger partial charge is 0.210 e. The van der Waals surface area contributed by atoms with E-state index in [2.05, 4.69) is 47.6 Å². The molecular formula is C14H19N3OS2. The van der Waals surface area contributed by atoms with Crippen LogP contribution in [-0.2, 0) is 6.42 Å². The first-order valence-electron chi connectivity index (χ1n) is 6.67. The van der Waals surface area contributed by atoms with Crippen molar-refractivity contribution in [3.63, 3.8) is 0 Å². The second-order valence-electron chi connectivity index (χ2n) is 4.39. The molecule has 2 N–H and O–H groups in total. The Kier molecular flexibility index (Phi) is 5.82. The van der Waals surface area contributed by atoms with Crippen LogP contribution in [0, 0.1) is 6.92 Å². The average molecular weight is 309 g/mol. The van der Waals surface area contributed by atoms with Crippen LogP contribution in [-0.4, -0.2) is 27.7 Å². The molecular weight excluding hydrogens is 290 g/mol. The second-order valence-corrected chi connectivity index (χ2v) is 6.71. The van der Waals surface area contributed by atoms with E-state index in [1.807, 2.05) is 0 Å². The largest absolute Gasteiger partial charge is 0.396 e. The predicted molar refractivity (Wildman–Crippen MR) is 86.2 cm³/mol. The van der Waals surface area contributed by atoms with Gasteiger partial charge in [0.2, 0.25) is 5.13 Å². The van der Waals surface area contributed by atoms with Crippen molar-refractivity contribution in [2.75, 3.05) is 17.7 Å². The lowest BCUT2D eigenvalue weighted by Crippen LogP contribution is -1.97. The third-order valence-corrected chi connectivity index (χ3v) is 4.96. The summed E-state index contributed by atoms with van der Waals surface area (Å²) in [6, 6.07) is 6.31. The number of hydrogen-bond donors (Lipinski definition) is 2. The van der Waals surface area contributed by atoms with Crippen LogP contribution in [0.2, 0.25) is 0 Å². The first-order valence-corrected chi connectivity index (χ1v) is 8.47. The Morgan fingerprint density at radius 3 is 2.95 bits per heavy atom. The number of rotatable bonds is 7. The van der Waals surface area contributed by atoms with Crippen LogP contribution in [0.5, 0.6) is 0 Å². The normalized spacial score (nSPS) is 10.8. The third-order valence-electron chi connectivity index (χ3n) is 2.91. The molecule has 1 aromatic heterocycles. The Morgan fingerprint density at radius 2 is 2.20 bits per heavy atom. The molecule has 1 aromatic carbocycles. The maximum absolute atomic E-state index is 8.77. The zero-order valence-electron chi connectivity index (χ0n) is 11.7. The standard InChI is InChI=1S/C14H19N3OS2/c1-3-11-7-4-6-10(2)12(11)15-13-16-17-14(20-13)19-9-5-8-18/h4,6-7,18H,3,5,8-9H2,1-2H3,(H,15,16). The lowest BCUT2D eigenvalue weighted by molar-refractivity contribution is 0.296. The Balaban J connectivity index is 2.07. The van der Waals surface area contributed by atoms with Crippen LogP contribution < -0.4 is 5.32 Å². The quantitative estimate of drug-likeness (QED) is 0.604. The van der Waals surface area contributed by atoms with Gasteiger partial charge >= 0.3 is 0 Å². The monoisotopic (exact) mass is 309 g/mol. The van der Waals surface area contributed by atoms with Gasteiger partial charge < -0.3 is 10.4 Å². The number of para-hydroxylation sites is 1. The number of aryl methyl sites for hydroxylation is 2. The number of benzene rings is 1. The summed E-state index contributed by atoms with van der Waals surface area (Å²) in [5.74, 6) is 0.871. The number of aliphatic hydroxyl groups is 1. The molecule has 0 aliphatic rings. The van der Waals surface area contributed by atoms with Gasteiger partial charge in [-0.05, 0) is 30.9 Å². The number of nitrogens with one attached hydrogen (secondary N) is 1. The molecule has 0 spiro atoms. The molecule has 0 atom stereocenters. The fourth-order valence-electron chi connectivity index (χ4n) is 1.85. The van der Waals surface area contributed by atoms with Crippen molar-refractivity contribution >= 4 is 33.9 Å². The van der Waals surface area contributed by atoms with E-state index in [0.29, 0.717) is 0 Å². The molecule has 1 heterocycles. The zero-order chi connectivity index (χ0) is 14.4. The number of anilines is 2. The summed E-state index contributed by atoms with van der Waals surface area (Å²) in [6.45, 7) is 4.47. The molecule has 0 bridgehead atoms. The maximum atomic E-state index is 8.77. The van der Waals surface area contributed by atoms with E-state index in [-0.39, 0.29) is 6.61 Å². The Morgan fingerprint density at radius 1 is 1.35 bits per heavy atom. The Bertz CT molecular complexity index is 557. The van der Waals surface area contributed by atoms with Crippen LogP contribution in [0.1, 0.15) is 24.5 Å². The minimum absolute atomic E-state index is 0.222. The van der Waals surface area contributed by atoms with Gasteiger partial charge in [-0.15, -0.1) is 10.2 Å². The van der Waals surface area contributed by atoms with E-state index >= 15 is 0 Å². The van der Waals surface area contributed by atoms with E-state index in [4.69, 9.17) is 5.11 Å². The second kappa shape index (κ2) is 7.61. The molecule has 2 rings (SSSR count). The summed E-state index contributed by atoms with van der Waals surface area (Å²) >= 11 is 3.19. The minimum atomic E-state index is 0.222. The van der Waals surface area contributed by atoms with E-state index in [1.54, 1.807) is 23.1 Å². The number of thioether (sulfide) groups is 1. The molecule has 0 aliphatic heterocycles. The van der Waals surface area contributed by atoms with Gasteiger partial charge in [0.05, 0.1) is 0 Å². The predicted octanol–water partition coefficient (Wildman–Crippen LogP) is 3.63. The molecule has 0 aliphatic carbocycles. The summed E-state index contributed by atoms with van der Waals surface area (Å²) in [5, 5.41) is 21.3. The number of hydrogen-bond acceptors (Lipinski definition) is 6. The van der Waals surface area contributed by atoms with E-state index in [0.717, 1.165) is 33.8 Å². The molecule has 0 unspecified atom stereocenters. The van der Waals surface area contributed by atoms with E-state index < -0.39 is 0 Å². The topological polar surface area (TPSA) is 58.0 Å². The van der Waals surface area contributed by atoms with Gasteiger partial charge in [-0.25, -0.2) is 0 Å². The van der Waals surface area contributed by atoms with Gasteiger partial charge in [0.15, 0.2) is 4.34 Å². The maximum Gasteiger partial charge on any atom is 0.210 e. The summed E-state index contributed by atoms with van der Waals surface area (Å²) < 4.78 is 0.938. The molecule has 0 amide bonds. The summed E-state index contributed by atoms with van der Waals surface area (Å²) in [4.78, 5) is 0. The third kappa shape index (κ3) is 3.94. The Labute approximate surface area is 127 Å². The van der Waals surface area contributed by atoms with Crippen LogP contribution in [0.15, 0.2) is 22.5 Å². The van der Waals surface area contributed by atoms with Crippen molar-refractivity contribution in [2.45, 2.75) is 31.0 Å². The Hall–Kier alpha value is -1.11. The molecule has 0 saturated heterocycles. The molecule has 4 nitrogen and oxygen atoms in total. The highest BCUT2D eigenvalue weighted by Crippen LogP contribution is 2.30. The van der Waals surface area contributed by atoms with Gasteiger partial charge in [0, 0.05) is 18.0 Å². The van der Waals surface area contributed by atoms with Crippen molar-refractivity contribution in [1.82, 2.24) is 10.2 Å². The first kappa shape index (κ1) is 15.3. The first-order chi connectivity index (χ1) is 9.74. The van der Waals surface area contributed by atoms with Gasteiger partial charge in [-0.3, -0.25) is 0 Å². The minimum Gasteiger partial charge on any atom is -0.396 e. The van der Waals surface area contributed by atoms with Crippen molar-refractivity contribution in [2.24, 2.45) is 0 Å². The molecule has 0 radical (unpaired) electrons. The lowest BCUT2D eigenvalue weighted by Gasteiger charge is -2.11. The highest BCUT2D eigenvalue weighted by atomic mass is 32.2. The van der Waals surface area contributed by atoms with Gasteiger partial charge in [0.25, 0.3) is 0 Å². The molecule has 2 aromatic rings. The highest BCUT2D eigenvalue weighted by molar-refractivity contribution is 8.01. The summed E-state index contributed by atoms with van der Waals surface area (Å²) in [7, 11) is 0. The number of aliphatic hydroxyl groups excluding tert-OH is 1. The van der Waals surface area contributed by atoms with Crippen molar-refractivity contribution in [3.05, 3.63) is 29.3 Å². The molecule has 108 valence electrons. The summed E-state index contributed by atoms with van der Waals surface area (Å²) in [6.07, 6.45) is 1.77. The van der Waals surface area contributed by atoms with Gasteiger partial charge in [0.1, 0.15) is 0 Å². The van der Waals surface area contributed by atoms with Crippen LogP contribution in [0.4, 0.5) is 10.8 Å². The SMILES string of the molecule is CCc1cccc(C)c1Nc1nnc(SCCCO)s1. The number of nitrogens with zero attached hydrogens (tertiary/aromatic N) is 2. The van der Waals surface area contributed by atoms with Crippen molar-refractivity contribution < 1.29 is 5.11 Å². The fraction of sp³-hybridized carbons (Fsp3) is 0.429. The van der Waals surface area contributed by atoms with Crippen LogP contribution >= 0.6 is 23.1 Å². The zero-order valence-corrected chi connectivity index (χ0v) is 13.4. The van der Waals surface area contributed by atoms with E-state index in [9.17, 15) is 0 Å². The van der Waals surface area contributed by atoms with Gasteiger partial charge in [-0.1, -0.05) is 48.2 Å². The fourth-order valence-corrected chi connectivity index (χ4v) is 3.60. The van der Waals surface area contributed by atoms with E-state index in [1.165, 1.54) is 11.1 Å².